The van der Waals surface area contributed by atoms with Crippen molar-refractivity contribution in [2.24, 2.45) is 0 Å². The lowest BCUT2D eigenvalue weighted by Crippen LogP contribution is -2.07. The topological polar surface area (TPSA) is 45.5 Å². The van der Waals surface area contributed by atoms with Gasteiger partial charge in [-0.25, -0.2) is 4.98 Å². The molecule has 0 radical (unpaired) electrons. The highest BCUT2D eigenvalue weighted by molar-refractivity contribution is 6.31. The van der Waals surface area contributed by atoms with Gasteiger partial charge in [-0.15, -0.1) is 0 Å². The van der Waals surface area contributed by atoms with Gasteiger partial charge in [-0.1, -0.05) is 17.7 Å². The Kier molecular flexibility index (Phi) is 6.58. The molecule has 0 aliphatic rings. The van der Waals surface area contributed by atoms with E-state index in [2.05, 4.69) is 4.57 Å². The molecular weight excluding hydrogens is 364 g/mol. The van der Waals surface area contributed by atoms with E-state index in [1.807, 2.05) is 43.3 Å². The molecule has 2 aromatic carbocycles. The first kappa shape index (κ1) is 19.5. The molecule has 0 unspecified atom stereocenters. The third kappa shape index (κ3) is 4.54. The van der Waals surface area contributed by atoms with Crippen LogP contribution in [0.15, 0.2) is 36.4 Å². The lowest BCUT2D eigenvalue weighted by atomic mass is 10.1. The monoisotopic (exact) mass is 388 g/mol. The van der Waals surface area contributed by atoms with E-state index in [1.54, 1.807) is 14.2 Å². The number of aryl methyl sites for hydroxylation is 1. The molecule has 0 saturated heterocycles. The fourth-order valence-corrected chi connectivity index (χ4v) is 3.35. The molecule has 0 aliphatic heterocycles. The lowest BCUT2D eigenvalue weighted by molar-refractivity contribution is 0.141. The number of nitrogens with zero attached hydrogens (tertiary/aromatic N) is 2. The van der Waals surface area contributed by atoms with Crippen LogP contribution in [0, 0.1) is 0 Å². The average molecular weight is 389 g/mol. The van der Waals surface area contributed by atoms with E-state index >= 15 is 0 Å². The molecule has 144 valence electrons. The van der Waals surface area contributed by atoms with Crippen LogP contribution in [0.25, 0.3) is 11.0 Å². The van der Waals surface area contributed by atoms with Gasteiger partial charge in [0.15, 0.2) is 11.5 Å². The van der Waals surface area contributed by atoms with Crippen LogP contribution >= 0.6 is 11.6 Å². The molecule has 0 amide bonds. The van der Waals surface area contributed by atoms with Gasteiger partial charge in [-0.05, 0) is 49.2 Å². The standard InChI is InChI=1S/C21H25ClN2O3/c1-4-27-11-5-10-24-18-8-7-16(22)14-17(18)23-21(24)13-15-6-9-19(25-2)20(12-15)26-3/h6-9,12,14H,4-5,10-11,13H2,1-3H3. The number of halogens is 1. The second kappa shape index (κ2) is 9.11. The highest BCUT2D eigenvalue weighted by Gasteiger charge is 2.13. The van der Waals surface area contributed by atoms with E-state index in [0.29, 0.717) is 11.4 Å². The Bertz CT molecular complexity index is 908. The Morgan fingerprint density at radius 1 is 1.04 bits per heavy atom. The summed E-state index contributed by atoms with van der Waals surface area (Å²) >= 11 is 6.16. The number of benzene rings is 2. The summed E-state index contributed by atoms with van der Waals surface area (Å²) in [4.78, 5) is 4.83. The fraction of sp³-hybridized carbons (Fsp3) is 0.381. The van der Waals surface area contributed by atoms with E-state index in [9.17, 15) is 0 Å². The summed E-state index contributed by atoms with van der Waals surface area (Å²) in [5, 5.41) is 0.694. The summed E-state index contributed by atoms with van der Waals surface area (Å²) in [7, 11) is 3.28. The van der Waals surface area contributed by atoms with E-state index in [1.165, 1.54) is 0 Å². The van der Waals surface area contributed by atoms with Crippen molar-refractivity contribution in [3.63, 3.8) is 0 Å². The third-order valence-corrected chi connectivity index (χ3v) is 4.71. The molecule has 0 N–H and O–H groups in total. The van der Waals surface area contributed by atoms with E-state index < -0.39 is 0 Å². The van der Waals surface area contributed by atoms with Crippen LogP contribution in [0.2, 0.25) is 5.02 Å². The maximum atomic E-state index is 6.16. The van der Waals surface area contributed by atoms with Gasteiger partial charge in [0.2, 0.25) is 0 Å². The van der Waals surface area contributed by atoms with Crippen LogP contribution in [-0.2, 0) is 17.7 Å². The van der Waals surface area contributed by atoms with Gasteiger partial charge in [-0.3, -0.25) is 0 Å². The molecule has 27 heavy (non-hydrogen) atoms. The van der Waals surface area contributed by atoms with Gasteiger partial charge >= 0.3 is 0 Å². The Balaban J connectivity index is 1.92. The van der Waals surface area contributed by atoms with Crippen LogP contribution in [0.5, 0.6) is 11.5 Å². The molecule has 6 heteroatoms. The molecule has 1 heterocycles. The van der Waals surface area contributed by atoms with E-state index in [-0.39, 0.29) is 0 Å². The average Bonchev–Trinajstić information content (AvgIpc) is 3.01. The first-order chi connectivity index (χ1) is 13.2. The largest absolute Gasteiger partial charge is 0.493 e. The first-order valence-corrected chi connectivity index (χ1v) is 9.47. The Labute approximate surface area is 164 Å². The highest BCUT2D eigenvalue weighted by atomic mass is 35.5. The van der Waals surface area contributed by atoms with Gasteiger partial charge in [0.05, 0.1) is 25.3 Å². The summed E-state index contributed by atoms with van der Waals surface area (Å²) in [6, 6.07) is 11.8. The third-order valence-electron chi connectivity index (χ3n) is 4.47. The zero-order valence-corrected chi connectivity index (χ0v) is 16.8. The maximum Gasteiger partial charge on any atom is 0.161 e. The molecule has 3 rings (SSSR count). The molecule has 0 fully saturated rings. The second-order valence-corrected chi connectivity index (χ2v) is 6.67. The van der Waals surface area contributed by atoms with Crippen molar-refractivity contribution in [1.29, 1.82) is 0 Å². The predicted octanol–water partition coefficient (Wildman–Crippen LogP) is 4.72. The van der Waals surface area contributed by atoms with Gasteiger partial charge in [0.25, 0.3) is 0 Å². The van der Waals surface area contributed by atoms with E-state index in [4.69, 9.17) is 30.8 Å². The SMILES string of the molecule is CCOCCCn1c(Cc2ccc(OC)c(OC)c2)nc2cc(Cl)ccc21. The molecule has 0 atom stereocenters. The summed E-state index contributed by atoms with van der Waals surface area (Å²) in [5.41, 5.74) is 3.11. The Morgan fingerprint density at radius 3 is 2.59 bits per heavy atom. The van der Waals surface area contributed by atoms with Crippen LogP contribution < -0.4 is 9.47 Å². The molecule has 3 aromatic rings. The maximum absolute atomic E-state index is 6.16. The van der Waals surface area contributed by atoms with Crippen LogP contribution in [-0.4, -0.2) is 37.0 Å². The minimum atomic E-state index is 0.694. The number of methoxy groups -OCH3 is 2. The number of hydrogen-bond acceptors (Lipinski definition) is 4. The number of hydrogen-bond donors (Lipinski definition) is 0. The number of fused-ring (bicyclic) bond motifs is 1. The molecule has 0 aliphatic carbocycles. The molecular formula is C21H25ClN2O3. The van der Waals surface area contributed by atoms with E-state index in [0.717, 1.165) is 60.1 Å². The van der Waals surface area contributed by atoms with Crippen molar-refractivity contribution in [2.75, 3.05) is 27.4 Å². The normalized spacial score (nSPS) is 11.1. The minimum Gasteiger partial charge on any atom is -0.493 e. The smallest absolute Gasteiger partial charge is 0.161 e. The van der Waals surface area contributed by atoms with Gasteiger partial charge < -0.3 is 18.8 Å². The molecule has 5 nitrogen and oxygen atoms in total. The highest BCUT2D eigenvalue weighted by Crippen LogP contribution is 2.29. The van der Waals surface area contributed by atoms with Crippen LogP contribution in [0.4, 0.5) is 0 Å². The van der Waals surface area contributed by atoms with Crippen LogP contribution in [0.1, 0.15) is 24.7 Å². The first-order valence-electron chi connectivity index (χ1n) is 9.09. The summed E-state index contributed by atoms with van der Waals surface area (Å²) < 4.78 is 18.5. The van der Waals surface area contributed by atoms with Gasteiger partial charge in [0, 0.05) is 31.2 Å². The minimum absolute atomic E-state index is 0.694. The van der Waals surface area contributed by atoms with Crippen molar-refractivity contribution in [1.82, 2.24) is 9.55 Å². The number of ether oxygens (including phenoxy) is 3. The summed E-state index contributed by atoms with van der Waals surface area (Å²) in [6.07, 6.45) is 1.63. The molecule has 1 aromatic heterocycles. The number of aromatic nitrogens is 2. The zero-order valence-electron chi connectivity index (χ0n) is 16.0. The van der Waals surface area contributed by atoms with Crippen molar-refractivity contribution in [2.45, 2.75) is 26.3 Å². The molecule has 0 saturated carbocycles. The molecule has 0 bridgehead atoms. The summed E-state index contributed by atoms with van der Waals surface area (Å²) in [6.45, 7) is 4.33. The van der Waals surface area contributed by atoms with Gasteiger partial charge in [0.1, 0.15) is 5.82 Å². The lowest BCUT2D eigenvalue weighted by Gasteiger charge is -2.12. The predicted molar refractivity (Wildman–Crippen MR) is 108 cm³/mol. The van der Waals surface area contributed by atoms with Crippen molar-refractivity contribution < 1.29 is 14.2 Å². The Hall–Kier alpha value is -2.24. The zero-order chi connectivity index (χ0) is 19.2. The van der Waals surface area contributed by atoms with Crippen molar-refractivity contribution in [3.8, 4) is 11.5 Å². The van der Waals surface area contributed by atoms with Crippen LogP contribution in [0.3, 0.4) is 0 Å². The summed E-state index contributed by atoms with van der Waals surface area (Å²) in [5.74, 6) is 2.44. The number of imidazole rings is 1. The van der Waals surface area contributed by atoms with Crippen molar-refractivity contribution >= 4 is 22.6 Å². The quantitative estimate of drug-likeness (QED) is 0.497. The van der Waals surface area contributed by atoms with Crippen molar-refractivity contribution in [3.05, 3.63) is 52.8 Å². The Morgan fingerprint density at radius 2 is 1.85 bits per heavy atom. The fourth-order valence-electron chi connectivity index (χ4n) is 3.18. The molecule has 0 spiro atoms. The number of rotatable bonds is 9. The van der Waals surface area contributed by atoms with Gasteiger partial charge in [-0.2, -0.15) is 0 Å². The second-order valence-electron chi connectivity index (χ2n) is 6.23.